The van der Waals surface area contributed by atoms with E-state index < -0.39 is 0 Å². The normalized spacial score (nSPS) is 27.1. The molecule has 1 amide bonds. The zero-order valence-electron chi connectivity index (χ0n) is 11.8. The monoisotopic (exact) mass is 277 g/mol. The molecular formula is C15H23N3O2. The van der Waals surface area contributed by atoms with Gasteiger partial charge in [0.05, 0.1) is 6.26 Å². The Morgan fingerprint density at radius 2 is 2.15 bits per heavy atom. The molecule has 2 heterocycles. The summed E-state index contributed by atoms with van der Waals surface area (Å²) in [6.45, 7) is 1.91. The molecule has 0 aromatic carbocycles. The first kappa shape index (κ1) is 13.6. The largest absolute Gasteiger partial charge is 0.459 e. The molecule has 0 spiro atoms. The molecular weight excluding hydrogens is 254 g/mol. The van der Waals surface area contributed by atoms with E-state index in [1.807, 2.05) is 6.07 Å². The number of carbonyl (C=O) groups excluding carboxylic acids is 1. The maximum absolute atomic E-state index is 11.7. The van der Waals surface area contributed by atoms with Crippen LogP contribution in [-0.4, -0.2) is 23.4 Å². The van der Waals surface area contributed by atoms with Crippen molar-refractivity contribution in [1.82, 2.24) is 10.3 Å². The maximum Gasteiger partial charge on any atom is 0.301 e. The highest BCUT2D eigenvalue weighted by Gasteiger charge is 2.33. The Morgan fingerprint density at radius 1 is 1.35 bits per heavy atom. The van der Waals surface area contributed by atoms with E-state index >= 15 is 0 Å². The second-order valence-corrected chi connectivity index (χ2v) is 5.97. The molecule has 5 heteroatoms. The quantitative estimate of drug-likeness (QED) is 0.504. The van der Waals surface area contributed by atoms with Crippen molar-refractivity contribution in [2.24, 2.45) is 11.8 Å². The maximum atomic E-state index is 11.7. The van der Waals surface area contributed by atoms with Crippen LogP contribution in [0.4, 0.5) is 0 Å². The third-order valence-electron chi connectivity index (χ3n) is 4.82. The van der Waals surface area contributed by atoms with Gasteiger partial charge in [0.2, 0.25) is 0 Å². The molecule has 0 bridgehead atoms. The van der Waals surface area contributed by atoms with E-state index in [0.717, 1.165) is 24.6 Å². The van der Waals surface area contributed by atoms with Crippen LogP contribution in [0, 0.1) is 5.92 Å². The number of hydrogen-bond donors (Lipinski definition) is 2. The van der Waals surface area contributed by atoms with Gasteiger partial charge >= 0.3 is 5.91 Å². The zero-order chi connectivity index (χ0) is 13.9. The van der Waals surface area contributed by atoms with Gasteiger partial charge in [0, 0.05) is 18.2 Å². The lowest BCUT2D eigenvalue weighted by Gasteiger charge is -2.44. The SMILES string of the molecule is NNC(=O)c1occc1CN1CCCC2CCCCC21. The second kappa shape index (κ2) is 5.97. The molecule has 3 N–H and O–H groups in total. The molecule has 1 aromatic rings. The summed E-state index contributed by atoms with van der Waals surface area (Å²) in [5.74, 6) is 6.05. The van der Waals surface area contributed by atoms with Crippen LogP contribution < -0.4 is 11.3 Å². The Bertz CT molecular complexity index is 469. The van der Waals surface area contributed by atoms with E-state index in [9.17, 15) is 4.79 Å². The van der Waals surface area contributed by atoms with Gasteiger partial charge in [-0.2, -0.15) is 0 Å². The number of likely N-dealkylation sites (tertiary alicyclic amines) is 1. The van der Waals surface area contributed by atoms with Crippen LogP contribution >= 0.6 is 0 Å². The number of fused-ring (bicyclic) bond motifs is 1. The van der Waals surface area contributed by atoms with Gasteiger partial charge in [-0.25, -0.2) is 5.84 Å². The molecule has 110 valence electrons. The van der Waals surface area contributed by atoms with Crippen LogP contribution in [-0.2, 0) is 6.54 Å². The molecule has 0 radical (unpaired) electrons. The standard InChI is InChI=1S/C15H23N3O2/c16-17-15(19)14-12(7-9-20-14)10-18-8-3-5-11-4-1-2-6-13(11)18/h7,9,11,13H,1-6,8,10,16H2,(H,17,19). The minimum absolute atomic E-state index is 0.345. The molecule has 1 saturated heterocycles. The molecule has 2 atom stereocenters. The topological polar surface area (TPSA) is 71.5 Å². The highest BCUT2D eigenvalue weighted by atomic mass is 16.3. The van der Waals surface area contributed by atoms with E-state index in [0.29, 0.717) is 11.8 Å². The average Bonchev–Trinajstić information content (AvgIpc) is 2.95. The zero-order valence-corrected chi connectivity index (χ0v) is 11.8. The van der Waals surface area contributed by atoms with Crippen molar-refractivity contribution < 1.29 is 9.21 Å². The van der Waals surface area contributed by atoms with E-state index in [1.54, 1.807) is 6.26 Å². The first-order chi connectivity index (χ1) is 9.79. The fraction of sp³-hybridized carbons (Fsp3) is 0.667. The molecule has 1 aliphatic carbocycles. The van der Waals surface area contributed by atoms with Gasteiger partial charge in [0.1, 0.15) is 0 Å². The highest BCUT2D eigenvalue weighted by Crippen LogP contribution is 2.36. The van der Waals surface area contributed by atoms with Crippen molar-refractivity contribution in [3.8, 4) is 0 Å². The number of piperidine rings is 1. The Balaban J connectivity index is 1.73. The summed E-state index contributed by atoms with van der Waals surface area (Å²) in [5, 5.41) is 0. The molecule has 3 rings (SSSR count). The number of amides is 1. The third-order valence-corrected chi connectivity index (χ3v) is 4.82. The lowest BCUT2D eigenvalue weighted by atomic mass is 9.78. The minimum Gasteiger partial charge on any atom is -0.459 e. The smallest absolute Gasteiger partial charge is 0.301 e. The Hall–Kier alpha value is -1.33. The van der Waals surface area contributed by atoms with Gasteiger partial charge in [-0.15, -0.1) is 0 Å². The molecule has 2 unspecified atom stereocenters. The van der Waals surface area contributed by atoms with Crippen LogP contribution in [0.1, 0.15) is 54.6 Å². The lowest BCUT2D eigenvalue weighted by Crippen LogP contribution is -2.46. The fourth-order valence-electron chi connectivity index (χ4n) is 3.87. The van der Waals surface area contributed by atoms with Crippen LogP contribution in [0.3, 0.4) is 0 Å². The predicted octanol–water partition coefficient (Wildman–Crippen LogP) is 2.04. The van der Waals surface area contributed by atoms with Crippen molar-refractivity contribution >= 4 is 5.91 Å². The van der Waals surface area contributed by atoms with Gasteiger partial charge < -0.3 is 4.42 Å². The van der Waals surface area contributed by atoms with Gasteiger partial charge in [-0.3, -0.25) is 15.1 Å². The van der Waals surface area contributed by atoms with Crippen LogP contribution in [0.25, 0.3) is 0 Å². The number of nitrogens with zero attached hydrogens (tertiary/aromatic N) is 1. The summed E-state index contributed by atoms with van der Waals surface area (Å²) in [4.78, 5) is 14.2. The van der Waals surface area contributed by atoms with Crippen LogP contribution in [0.5, 0.6) is 0 Å². The van der Waals surface area contributed by atoms with Crippen LogP contribution in [0.15, 0.2) is 16.7 Å². The number of nitrogen functional groups attached to an aromatic ring is 1. The van der Waals surface area contributed by atoms with E-state index in [2.05, 4.69) is 10.3 Å². The average molecular weight is 277 g/mol. The lowest BCUT2D eigenvalue weighted by molar-refractivity contribution is 0.0540. The van der Waals surface area contributed by atoms with Crippen molar-refractivity contribution in [3.05, 3.63) is 23.7 Å². The molecule has 1 saturated carbocycles. The molecule has 1 aliphatic heterocycles. The number of hydrazine groups is 1. The summed E-state index contributed by atoms with van der Waals surface area (Å²) in [6.07, 6.45) is 9.56. The van der Waals surface area contributed by atoms with E-state index in [4.69, 9.17) is 10.3 Å². The molecule has 20 heavy (non-hydrogen) atoms. The number of hydrogen-bond acceptors (Lipinski definition) is 4. The highest BCUT2D eigenvalue weighted by molar-refractivity contribution is 5.92. The number of rotatable bonds is 3. The van der Waals surface area contributed by atoms with Gasteiger partial charge in [-0.1, -0.05) is 12.8 Å². The summed E-state index contributed by atoms with van der Waals surface area (Å²) < 4.78 is 5.28. The van der Waals surface area contributed by atoms with Gasteiger partial charge in [-0.05, 0) is 44.2 Å². The predicted molar refractivity (Wildman–Crippen MR) is 75.8 cm³/mol. The van der Waals surface area contributed by atoms with Crippen LogP contribution in [0.2, 0.25) is 0 Å². The van der Waals surface area contributed by atoms with Crippen molar-refractivity contribution in [2.45, 2.75) is 51.1 Å². The summed E-state index contributed by atoms with van der Waals surface area (Å²) in [6, 6.07) is 2.57. The Labute approximate surface area is 119 Å². The second-order valence-electron chi connectivity index (χ2n) is 5.97. The molecule has 2 fully saturated rings. The number of carbonyl (C=O) groups is 1. The van der Waals surface area contributed by atoms with E-state index in [1.165, 1.54) is 38.5 Å². The van der Waals surface area contributed by atoms with Crippen molar-refractivity contribution in [3.63, 3.8) is 0 Å². The third kappa shape index (κ3) is 2.60. The number of nitrogens with two attached hydrogens (primary N) is 1. The fourth-order valence-corrected chi connectivity index (χ4v) is 3.87. The first-order valence-electron chi connectivity index (χ1n) is 7.61. The summed E-state index contributed by atoms with van der Waals surface area (Å²) in [5.41, 5.74) is 3.09. The summed E-state index contributed by atoms with van der Waals surface area (Å²) >= 11 is 0. The Kier molecular flexibility index (Phi) is 4.08. The van der Waals surface area contributed by atoms with Gasteiger partial charge in [0.25, 0.3) is 0 Å². The molecule has 5 nitrogen and oxygen atoms in total. The van der Waals surface area contributed by atoms with Gasteiger partial charge in [0.15, 0.2) is 5.76 Å². The first-order valence-corrected chi connectivity index (χ1v) is 7.61. The summed E-state index contributed by atoms with van der Waals surface area (Å²) in [7, 11) is 0. The number of furan rings is 1. The minimum atomic E-state index is -0.345. The van der Waals surface area contributed by atoms with Crippen molar-refractivity contribution in [1.29, 1.82) is 0 Å². The number of nitrogens with one attached hydrogen (secondary N) is 1. The molecule has 2 aliphatic rings. The van der Waals surface area contributed by atoms with Crippen molar-refractivity contribution in [2.75, 3.05) is 6.54 Å². The van der Waals surface area contributed by atoms with E-state index in [-0.39, 0.29) is 5.91 Å². The Morgan fingerprint density at radius 3 is 3.00 bits per heavy atom. The molecule has 1 aromatic heterocycles.